The van der Waals surface area contributed by atoms with Gasteiger partial charge in [-0.2, -0.15) is 5.10 Å². The zero-order valence-electron chi connectivity index (χ0n) is 11.5. The molecule has 5 nitrogen and oxygen atoms in total. The Morgan fingerprint density at radius 2 is 2.05 bits per heavy atom. The summed E-state index contributed by atoms with van der Waals surface area (Å²) in [7, 11) is 0. The zero-order valence-corrected chi connectivity index (χ0v) is 12.4. The molecule has 3 aromatic heterocycles. The standard InChI is InChI=1S/C16H12N4OS/c21-16-14(17-11-4-1-2-5-12(11)18-16)9-10-8-13(20-19-10)15-6-3-7-22-15/h1-8H,9H2,(H,18,21)(H,19,20). The van der Waals surface area contributed by atoms with E-state index in [0.717, 1.165) is 27.3 Å². The molecule has 0 fully saturated rings. The summed E-state index contributed by atoms with van der Waals surface area (Å²) < 4.78 is 0. The van der Waals surface area contributed by atoms with Crippen molar-refractivity contribution in [2.75, 3.05) is 0 Å². The number of nitrogens with one attached hydrogen (secondary N) is 2. The van der Waals surface area contributed by atoms with Crippen LogP contribution in [0.2, 0.25) is 0 Å². The number of fused-ring (bicyclic) bond motifs is 1. The Morgan fingerprint density at radius 1 is 1.14 bits per heavy atom. The van der Waals surface area contributed by atoms with Gasteiger partial charge in [-0.3, -0.25) is 9.89 Å². The summed E-state index contributed by atoms with van der Waals surface area (Å²) in [4.78, 5) is 20.5. The number of nitrogens with zero attached hydrogens (tertiary/aromatic N) is 2. The molecule has 0 aliphatic carbocycles. The topological polar surface area (TPSA) is 74.4 Å². The van der Waals surface area contributed by atoms with Crippen molar-refractivity contribution in [3.8, 4) is 10.6 Å². The van der Waals surface area contributed by atoms with Gasteiger partial charge in [0.2, 0.25) is 0 Å². The lowest BCUT2D eigenvalue weighted by atomic mass is 10.2. The van der Waals surface area contributed by atoms with E-state index in [1.807, 2.05) is 47.8 Å². The molecule has 0 aliphatic rings. The van der Waals surface area contributed by atoms with Gasteiger partial charge < -0.3 is 4.98 Å². The number of aromatic nitrogens is 4. The third-order valence-electron chi connectivity index (χ3n) is 3.43. The fraction of sp³-hybridized carbons (Fsp3) is 0.0625. The molecular formula is C16H12N4OS. The van der Waals surface area contributed by atoms with Gasteiger partial charge in [0.1, 0.15) is 11.4 Å². The SMILES string of the molecule is O=c1[nH]c2ccccc2nc1Cc1cc(-c2cccs2)n[nH]1. The van der Waals surface area contributed by atoms with E-state index in [0.29, 0.717) is 12.1 Å². The van der Waals surface area contributed by atoms with Crippen molar-refractivity contribution in [1.29, 1.82) is 0 Å². The molecule has 2 N–H and O–H groups in total. The molecule has 22 heavy (non-hydrogen) atoms. The molecule has 4 rings (SSSR count). The summed E-state index contributed by atoms with van der Waals surface area (Å²) in [6.07, 6.45) is 0.429. The summed E-state index contributed by atoms with van der Waals surface area (Å²) >= 11 is 1.63. The lowest BCUT2D eigenvalue weighted by Gasteiger charge is -2.00. The van der Waals surface area contributed by atoms with Crippen molar-refractivity contribution < 1.29 is 0 Å². The minimum atomic E-state index is -0.161. The molecular weight excluding hydrogens is 296 g/mol. The summed E-state index contributed by atoms with van der Waals surface area (Å²) in [6, 6.07) is 13.5. The van der Waals surface area contributed by atoms with Crippen LogP contribution in [0.5, 0.6) is 0 Å². The molecule has 0 aliphatic heterocycles. The number of aromatic amines is 2. The first-order valence-corrected chi connectivity index (χ1v) is 7.74. The number of rotatable bonds is 3. The molecule has 4 aromatic rings. The van der Waals surface area contributed by atoms with Gasteiger partial charge in [-0.1, -0.05) is 18.2 Å². The Kier molecular flexibility index (Phi) is 3.08. The Bertz CT molecular complexity index is 985. The van der Waals surface area contributed by atoms with Gasteiger partial charge in [-0.25, -0.2) is 4.98 Å². The molecule has 6 heteroatoms. The van der Waals surface area contributed by atoms with Crippen LogP contribution in [-0.4, -0.2) is 20.2 Å². The maximum absolute atomic E-state index is 12.1. The smallest absolute Gasteiger partial charge is 0.270 e. The van der Waals surface area contributed by atoms with Gasteiger partial charge in [0, 0.05) is 12.1 Å². The van der Waals surface area contributed by atoms with Crippen molar-refractivity contribution in [2.24, 2.45) is 0 Å². The van der Waals surface area contributed by atoms with E-state index < -0.39 is 0 Å². The van der Waals surface area contributed by atoms with Crippen LogP contribution in [0.25, 0.3) is 21.6 Å². The summed E-state index contributed by atoms with van der Waals surface area (Å²) in [6.45, 7) is 0. The highest BCUT2D eigenvalue weighted by Crippen LogP contribution is 2.23. The van der Waals surface area contributed by atoms with E-state index in [2.05, 4.69) is 20.2 Å². The van der Waals surface area contributed by atoms with Crippen LogP contribution in [-0.2, 0) is 6.42 Å². The van der Waals surface area contributed by atoms with E-state index in [1.165, 1.54) is 0 Å². The number of thiophene rings is 1. The van der Waals surface area contributed by atoms with Gasteiger partial charge in [0.15, 0.2) is 0 Å². The molecule has 108 valence electrons. The summed E-state index contributed by atoms with van der Waals surface area (Å²) in [5.41, 5.74) is 3.63. The molecule has 0 spiro atoms. The van der Waals surface area contributed by atoms with Crippen molar-refractivity contribution >= 4 is 22.4 Å². The number of para-hydroxylation sites is 2. The minimum Gasteiger partial charge on any atom is -0.319 e. The van der Waals surface area contributed by atoms with Crippen LogP contribution in [0.15, 0.2) is 52.6 Å². The van der Waals surface area contributed by atoms with Gasteiger partial charge in [-0.15, -0.1) is 11.3 Å². The van der Waals surface area contributed by atoms with Gasteiger partial charge in [-0.05, 0) is 29.6 Å². The Morgan fingerprint density at radius 3 is 2.91 bits per heavy atom. The predicted molar refractivity (Wildman–Crippen MR) is 87.1 cm³/mol. The lowest BCUT2D eigenvalue weighted by molar-refractivity contribution is 0.952. The maximum atomic E-state index is 12.1. The fourth-order valence-corrected chi connectivity index (χ4v) is 3.06. The van der Waals surface area contributed by atoms with Crippen LogP contribution >= 0.6 is 11.3 Å². The summed E-state index contributed by atoms with van der Waals surface area (Å²) in [5, 5.41) is 9.29. The van der Waals surface area contributed by atoms with Crippen LogP contribution in [0.3, 0.4) is 0 Å². The third kappa shape index (κ3) is 2.33. The van der Waals surface area contributed by atoms with Gasteiger partial charge >= 0.3 is 0 Å². The van der Waals surface area contributed by atoms with Gasteiger partial charge in [0.05, 0.1) is 15.9 Å². The van der Waals surface area contributed by atoms with Crippen LogP contribution in [0.1, 0.15) is 11.4 Å². The van der Waals surface area contributed by atoms with E-state index in [4.69, 9.17) is 0 Å². The molecule has 0 amide bonds. The van der Waals surface area contributed by atoms with Crippen LogP contribution < -0.4 is 5.56 Å². The average Bonchev–Trinajstić information content (AvgIpc) is 3.18. The first-order valence-electron chi connectivity index (χ1n) is 6.86. The van der Waals surface area contributed by atoms with Crippen LogP contribution in [0, 0.1) is 0 Å². The average molecular weight is 308 g/mol. The maximum Gasteiger partial charge on any atom is 0.270 e. The normalized spacial score (nSPS) is 11.1. The monoisotopic (exact) mass is 308 g/mol. The number of benzene rings is 1. The quantitative estimate of drug-likeness (QED) is 0.611. The lowest BCUT2D eigenvalue weighted by Crippen LogP contribution is -2.15. The van der Waals surface area contributed by atoms with E-state index in [9.17, 15) is 4.79 Å². The molecule has 1 aromatic carbocycles. The van der Waals surface area contributed by atoms with Crippen molar-refractivity contribution in [3.05, 3.63) is 69.6 Å². The van der Waals surface area contributed by atoms with E-state index >= 15 is 0 Å². The third-order valence-corrected chi connectivity index (χ3v) is 4.32. The van der Waals surface area contributed by atoms with Gasteiger partial charge in [0.25, 0.3) is 5.56 Å². The highest BCUT2D eigenvalue weighted by Gasteiger charge is 2.09. The summed E-state index contributed by atoms with van der Waals surface area (Å²) in [5.74, 6) is 0. The molecule has 0 atom stereocenters. The number of H-pyrrole nitrogens is 2. The largest absolute Gasteiger partial charge is 0.319 e. The number of hydrogen-bond acceptors (Lipinski definition) is 4. The fourth-order valence-electron chi connectivity index (χ4n) is 2.37. The molecule has 0 bridgehead atoms. The first kappa shape index (κ1) is 13.0. The zero-order chi connectivity index (χ0) is 14.9. The highest BCUT2D eigenvalue weighted by atomic mass is 32.1. The molecule has 0 saturated carbocycles. The Labute approximate surface area is 129 Å². The van der Waals surface area contributed by atoms with E-state index in [1.54, 1.807) is 11.3 Å². The second-order valence-corrected chi connectivity index (χ2v) is 5.91. The molecule has 0 unspecified atom stereocenters. The van der Waals surface area contributed by atoms with Crippen molar-refractivity contribution in [3.63, 3.8) is 0 Å². The highest BCUT2D eigenvalue weighted by molar-refractivity contribution is 7.13. The second kappa shape index (κ2) is 5.23. The van der Waals surface area contributed by atoms with Crippen molar-refractivity contribution in [1.82, 2.24) is 20.2 Å². The second-order valence-electron chi connectivity index (χ2n) is 4.96. The Hall–Kier alpha value is -2.73. The number of hydrogen-bond donors (Lipinski definition) is 2. The predicted octanol–water partition coefficient (Wildman–Crippen LogP) is 2.97. The minimum absolute atomic E-state index is 0.161. The van der Waals surface area contributed by atoms with Crippen LogP contribution in [0.4, 0.5) is 0 Å². The van der Waals surface area contributed by atoms with Crippen molar-refractivity contribution in [2.45, 2.75) is 6.42 Å². The van der Waals surface area contributed by atoms with E-state index in [-0.39, 0.29) is 5.56 Å². The molecule has 0 radical (unpaired) electrons. The molecule has 3 heterocycles. The Balaban J connectivity index is 1.69. The first-order chi connectivity index (χ1) is 10.8. The molecule has 0 saturated heterocycles.